The van der Waals surface area contributed by atoms with Crippen LogP contribution in [0.25, 0.3) is 0 Å². The molecule has 7 heteroatoms. The second kappa shape index (κ2) is 4.51. The highest BCUT2D eigenvalue weighted by atomic mass is 35.5. The van der Waals surface area contributed by atoms with Crippen molar-refractivity contribution in [1.82, 2.24) is 5.32 Å². The van der Waals surface area contributed by atoms with E-state index in [1.54, 1.807) is 12.1 Å². The number of amides is 1. The van der Waals surface area contributed by atoms with Crippen molar-refractivity contribution in [3.05, 3.63) is 28.8 Å². The molecule has 1 N–H and O–H groups in total. The Hall–Kier alpha value is -0.720. The zero-order chi connectivity index (χ0) is 12.6. The Kier molecular flexibility index (Phi) is 3.38. The Morgan fingerprint density at radius 2 is 2.12 bits per heavy atom. The van der Waals surface area contributed by atoms with Gasteiger partial charge in [-0.3, -0.25) is 4.79 Å². The average molecular weight is 292 g/mol. The molecule has 1 amide bonds. The monoisotopic (exact) mass is 291 g/mol. The lowest BCUT2D eigenvalue weighted by molar-refractivity contribution is -0.118. The third-order valence-electron chi connectivity index (χ3n) is 2.30. The summed E-state index contributed by atoms with van der Waals surface area (Å²) in [5.74, 6) is 0.326. The average Bonchev–Trinajstić information content (AvgIpc) is 2.62. The summed E-state index contributed by atoms with van der Waals surface area (Å²) in [4.78, 5) is 11.3. The number of carbonyl (C=O) groups excluding carboxylic acids is 1. The van der Waals surface area contributed by atoms with E-state index in [-0.39, 0.29) is 16.2 Å². The minimum atomic E-state index is -3.30. The molecule has 92 valence electrons. The number of hydrogen-bond acceptors (Lipinski definition) is 4. The zero-order valence-corrected chi connectivity index (χ0v) is 11.3. The summed E-state index contributed by atoms with van der Waals surface area (Å²) in [5.41, 5.74) is 0.703. The van der Waals surface area contributed by atoms with Crippen LogP contribution in [0.2, 0.25) is 5.02 Å². The van der Waals surface area contributed by atoms with Gasteiger partial charge in [0.25, 0.3) is 0 Å². The van der Waals surface area contributed by atoms with Crippen molar-refractivity contribution in [3.63, 3.8) is 0 Å². The highest BCUT2D eigenvalue weighted by Gasteiger charge is 2.24. The van der Waals surface area contributed by atoms with Crippen LogP contribution < -0.4 is 5.32 Å². The Balaban J connectivity index is 2.42. The maximum Gasteiger partial charge on any atom is 0.231 e. The number of nitrogens with one attached hydrogen (secondary N) is 1. The van der Waals surface area contributed by atoms with Gasteiger partial charge in [-0.05, 0) is 23.8 Å². The summed E-state index contributed by atoms with van der Waals surface area (Å²) >= 11 is 7.30. The van der Waals surface area contributed by atoms with Gasteiger partial charge in [0.2, 0.25) is 5.91 Å². The lowest BCUT2D eigenvalue weighted by Gasteiger charge is -2.11. The molecule has 2 rings (SSSR count). The van der Waals surface area contributed by atoms with E-state index in [2.05, 4.69) is 5.32 Å². The molecule has 1 aromatic rings. The van der Waals surface area contributed by atoms with Crippen molar-refractivity contribution in [1.29, 1.82) is 0 Å². The number of sulfone groups is 1. The smallest absolute Gasteiger partial charge is 0.231 e. The van der Waals surface area contributed by atoms with Gasteiger partial charge in [0, 0.05) is 11.3 Å². The van der Waals surface area contributed by atoms with E-state index < -0.39 is 9.84 Å². The SMILES string of the molecule is CS(=O)(=O)c1cc(Cl)cc(C2NC(=O)CS2)c1. The lowest BCUT2D eigenvalue weighted by atomic mass is 10.2. The van der Waals surface area contributed by atoms with E-state index in [9.17, 15) is 13.2 Å². The predicted octanol–water partition coefficient (Wildman–Crippen LogP) is 1.61. The van der Waals surface area contributed by atoms with Gasteiger partial charge in [0.05, 0.1) is 10.6 Å². The van der Waals surface area contributed by atoms with Crippen LogP contribution in [0.1, 0.15) is 10.9 Å². The van der Waals surface area contributed by atoms with E-state index in [1.807, 2.05) is 0 Å². The van der Waals surface area contributed by atoms with Crippen LogP contribution in [0.15, 0.2) is 23.1 Å². The minimum Gasteiger partial charge on any atom is -0.339 e. The number of benzene rings is 1. The first-order valence-corrected chi connectivity index (χ1v) is 8.09. The van der Waals surface area contributed by atoms with Crippen molar-refractivity contribution in [2.24, 2.45) is 0 Å². The fraction of sp³-hybridized carbons (Fsp3) is 0.300. The standard InChI is InChI=1S/C10H10ClNO3S2/c1-17(14,15)8-3-6(2-7(11)4-8)10-12-9(13)5-16-10/h2-4,10H,5H2,1H3,(H,12,13). The Morgan fingerprint density at radius 1 is 1.41 bits per heavy atom. The van der Waals surface area contributed by atoms with Crippen LogP contribution in [0.3, 0.4) is 0 Å². The normalized spacial score (nSPS) is 20.4. The third kappa shape index (κ3) is 2.94. The zero-order valence-electron chi connectivity index (χ0n) is 8.94. The van der Waals surface area contributed by atoms with E-state index in [0.29, 0.717) is 16.3 Å². The molecule has 4 nitrogen and oxygen atoms in total. The number of carbonyl (C=O) groups is 1. The maximum absolute atomic E-state index is 11.5. The van der Waals surface area contributed by atoms with Gasteiger partial charge in [0.1, 0.15) is 5.37 Å². The first-order valence-electron chi connectivity index (χ1n) is 4.78. The fourth-order valence-corrected chi connectivity index (χ4v) is 3.46. The van der Waals surface area contributed by atoms with Crippen molar-refractivity contribution in [2.75, 3.05) is 12.0 Å². The van der Waals surface area contributed by atoms with Crippen LogP contribution in [-0.2, 0) is 14.6 Å². The molecular weight excluding hydrogens is 282 g/mol. The second-order valence-electron chi connectivity index (χ2n) is 3.75. The van der Waals surface area contributed by atoms with Crippen LogP contribution >= 0.6 is 23.4 Å². The summed E-state index contributed by atoms with van der Waals surface area (Å²) in [6, 6.07) is 4.62. The van der Waals surface area contributed by atoms with E-state index in [4.69, 9.17) is 11.6 Å². The summed E-state index contributed by atoms with van der Waals surface area (Å²) < 4.78 is 22.9. The molecule has 1 aliphatic heterocycles. The summed E-state index contributed by atoms with van der Waals surface area (Å²) in [6.45, 7) is 0. The molecule has 0 bridgehead atoms. The van der Waals surface area contributed by atoms with Crippen LogP contribution in [0.5, 0.6) is 0 Å². The van der Waals surface area contributed by atoms with Crippen molar-refractivity contribution >= 4 is 39.1 Å². The fourth-order valence-electron chi connectivity index (χ4n) is 1.52. The largest absolute Gasteiger partial charge is 0.339 e. The quantitative estimate of drug-likeness (QED) is 0.899. The van der Waals surface area contributed by atoms with Crippen LogP contribution in [0.4, 0.5) is 0 Å². The van der Waals surface area contributed by atoms with E-state index >= 15 is 0 Å². The summed E-state index contributed by atoms with van der Waals surface area (Å²) in [5, 5.41) is 2.88. The molecule has 0 aromatic heterocycles. The molecule has 1 atom stereocenters. The van der Waals surface area contributed by atoms with Gasteiger partial charge >= 0.3 is 0 Å². The maximum atomic E-state index is 11.5. The van der Waals surface area contributed by atoms with E-state index in [0.717, 1.165) is 6.26 Å². The molecule has 0 spiro atoms. The van der Waals surface area contributed by atoms with Crippen molar-refractivity contribution in [2.45, 2.75) is 10.3 Å². The van der Waals surface area contributed by atoms with E-state index in [1.165, 1.54) is 17.8 Å². The Morgan fingerprint density at radius 3 is 2.65 bits per heavy atom. The molecule has 1 heterocycles. The van der Waals surface area contributed by atoms with Gasteiger partial charge in [-0.25, -0.2) is 8.42 Å². The summed E-state index contributed by atoms with van der Waals surface area (Å²) in [6.07, 6.45) is 1.13. The molecule has 0 radical (unpaired) electrons. The van der Waals surface area contributed by atoms with Crippen LogP contribution in [-0.4, -0.2) is 26.3 Å². The molecular formula is C10H10ClNO3S2. The molecule has 0 saturated carbocycles. The lowest BCUT2D eigenvalue weighted by Crippen LogP contribution is -2.19. The Bertz CT molecular complexity index is 571. The molecule has 1 aliphatic rings. The number of rotatable bonds is 2. The highest BCUT2D eigenvalue weighted by molar-refractivity contribution is 8.00. The first-order chi connectivity index (χ1) is 7.86. The van der Waals surface area contributed by atoms with Crippen LogP contribution in [0, 0.1) is 0 Å². The predicted molar refractivity (Wildman–Crippen MR) is 67.9 cm³/mol. The second-order valence-corrected chi connectivity index (χ2v) is 7.30. The first kappa shape index (κ1) is 12.7. The van der Waals surface area contributed by atoms with Crippen molar-refractivity contribution in [3.8, 4) is 0 Å². The molecule has 1 fully saturated rings. The van der Waals surface area contributed by atoms with Gasteiger partial charge < -0.3 is 5.32 Å². The summed E-state index contributed by atoms with van der Waals surface area (Å²) in [7, 11) is -3.30. The van der Waals surface area contributed by atoms with Gasteiger partial charge in [0.15, 0.2) is 9.84 Å². The van der Waals surface area contributed by atoms with Gasteiger partial charge in [-0.2, -0.15) is 0 Å². The number of thioether (sulfide) groups is 1. The Labute approximate surface area is 109 Å². The minimum absolute atomic E-state index is 0.0547. The van der Waals surface area contributed by atoms with Crippen molar-refractivity contribution < 1.29 is 13.2 Å². The number of halogens is 1. The van der Waals surface area contributed by atoms with Gasteiger partial charge in [-0.15, -0.1) is 11.8 Å². The highest BCUT2D eigenvalue weighted by Crippen LogP contribution is 2.33. The molecule has 1 aromatic carbocycles. The molecule has 1 unspecified atom stereocenters. The molecule has 17 heavy (non-hydrogen) atoms. The molecule has 0 aliphatic carbocycles. The number of hydrogen-bond donors (Lipinski definition) is 1. The molecule has 1 saturated heterocycles. The third-order valence-corrected chi connectivity index (χ3v) is 4.76. The topological polar surface area (TPSA) is 63.2 Å². The van der Waals surface area contributed by atoms with Gasteiger partial charge in [-0.1, -0.05) is 11.6 Å².